The van der Waals surface area contributed by atoms with Crippen molar-refractivity contribution in [3.63, 3.8) is 0 Å². The summed E-state index contributed by atoms with van der Waals surface area (Å²) in [6.45, 7) is 1.59. The fraction of sp³-hybridized carbons (Fsp3) is 0.200. The highest BCUT2D eigenvalue weighted by molar-refractivity contribution is 5.87. The minimum atomic E-state index is 0.169. The average Bonchev–Trinajstić information content (AvgIpc) is 2.51. The van der Waals surface area contributed by atoms with E-state index < -0.39 is 0 Å². The number of aromatic nitrogens is 2. The molecule has 2 rings (SSSR count). The number of carbonyl (C=O) groups excluding carboxylic acids is 1. The third kappa shape index (κ3) is 1.45. The number of nitrogens with one attached hydrogen (secondary N) is 1. The zero-order valence-electron chi connectivity index (χ0n) is 7.37. The van der Waals surface area contributed by atoms with E-state index in [2.05, 4.69) is 10.2 Å². The van der Waals surface area contributed by atoms with Crippen LogP contribution in [0.25, 0.3) is 10.9 Å². The molecular weight excluding hydrogens is 164 g/mol. The lowest BCUT2D eigenvalue weighted by Crippen LogP contribution is -1.96. The van der Waals surface area contributed by atoms with Crippen molar-refractivity contribution in [2.24, 2.45) is 0 Å². The third-order valence-electron chi connectivity index (χ3n) is 2.00. The maximum absolute atomic E-state index is 10.9. The zero-order valence-corrected chi connectivity index (χ0v) is 7.37. The highest BCUT2D eigenvalue weighted by Crippen LogP contribution is 2.15. The van der Waals surface area contributed by atoms with Crippen molar-refractivity contribution in [2.45, 2.75) is 13.3 Å². The molecule has 3 heteroatoms. The fourth-order valence-electron chi connectivity index (χ4n) is 1.45. The predicted octanol–water partition coefficient (Wildman–Crippen LogP) is 1.69. The molecule has 1 heterocycles. The number of ketones is 1. The first-order chi connectivity index (χ1) is 6.27. The SMILES string of the molecule is CC(=O)Cc1cccc2cn[nH]c12. The van der Waals surface area contributed by atoms with Gasteiger partial charge in [0.1, 0.15) is 5.78 Å². The smallest absolute Gasteiger partial charge is 0.134 e. The number of carbonyl (C=O) groups is 1. The number of nitrogens with zero attached hydrogens (tertiary/aromatic N) is 1. The largest absolute Gasteiger partial charge is 0.300 e. The maximum Gasteiger partial charge on any atom is 0.134 e. The Morgan fingerprint density at radius 3 is 3.15 bits per heavy atom. The molecule has 0 amide bonds. The minimum absolute atomic E-state index is 0.169. The molecular formula is C10H10N2O. The molecule has 0 aliphatic rings. The molecule has 13 heavy (non-hydrogen) atoms. The van der Waals surface area contributed by atoms with Crippen LogP contribution in [0.1, 0.15) is 12.5 Å². The summed E-state index contributed by atoms with van der Waals surface area (Å²) in [5.74, 6) is 0.169. The van der Waals surface area contributed by atoms with E-state index >= 15 is 0 Å². The van der Waals surface area contributed by atoms with Crippen LogP contribution in [0.5, 0.6) is 0 Å². The summed E-state index contributed by atoms with van der Waals surface area (Å²) in [5.41, 5.74) is 1.99. The lowest BCUT2D eigenvalue weighted by atomic mass is 10.1. The molecule has 1 aromatic heterocycles. The summed E-state index contributed by atoms with van der Waals surface area (Å²) >= 11 is 0. The molecule has 0 radical (unpaired) electrons. The van der Waals surface area contributed by atoms with Crippen LogP contribution in [0.15, 0.2) is 24.4 Å². The first kappa shape index (κ1) is 7.98. The Kier molecular flexibility index (Phi) is 1.85. The summed E-state index contributed by atoms with van der Waals surface area (Å²) in [6, 6.07) is 5.86. The van der Waals surface area contributed by atoms with Crippen LogP contribution in [-0.4, -0.2) is 16.0 Å². The average molecular weight is 174 g/mol. The molecule has 0 bridgehead atoms. The Balaban J connectivity index is 2.54. The Morgan fingerprint density at radius 2 is 2.38 bits per heavy atom. The third-order valence-corrected chi connectivity index (χ3v) is 2.00. The van der Waals surface area contributed by atoms with Crippen LogP contribution < -0.4 is 0 Å². The first-order valence-corrected chi connectivity index (χ1v) is 4.18. The molecule has 66 valence electrons. The van der Waals surface area contributed by atoms with E-state index in [1.54, 1.807) is 13.1 Å². The molecule has 3 nitrogen and oxygen atoms in total. The minimum Gasteiger partial charge on any atom is -0.300 e. The molecule has 0 saturated carbocycles. The van der Waals surface area contributed by atoms with Crippen molar-refractivity contribution in [2.75, 3.05) is 0 Å². The summed E-state index contributed by atoms with van der Waals surface area (Å²) in [5, 5.41) is 7.88. The monoisotopic (exact) mass is 174 g/mol. The van der Waals surface area contributed by atoms with Crippen LogP contribution in [-0.2, 0) is 11.2 Å². The van der Waals surface area contributed by atoms with Crippen molar-refractivity contribution in [1.29, 1.82) is 0 Å². The molecule has 0 aliphatic carbocycles. The van der Waals surface area contributed by atoms with Gasteiger partial charge < -0.3 is 0 Å². The van der Waals surface area contributed by atoms with E-state index in [0.717, 1.165) is 16.5 Å². The Bertz CT molecular complexity index is 445. The van der Waals surface area contributed by atoms with E-state index in [1.165, 1.54) is 0 Å². The second kappa shape index (κ2) is 3.01. The number of Topliss-reactive ketones (excluding diaryl/α,β-unsaturated/α-hetero) is 1. The predicted molar refractivity (Wildman–Crippen MR) is 50.5 cm³/mol. The Labute approximate surface area is 75.8 Å². The summed E-state index contributed by atoms with van der Waals surface area (Å²) in [4.78, 5) is 10.9. The van der Waals surface area contributed by atoms with Crippen LogP contribution >= 0.6 is 0 Å². The molecule has 1 aromatic carbocycles. The van der Waals surface area contributed by atoms with Gasteiger partial charge in [0.05, 0.1) is 11.7 Å². The van der Waals surface area contributed by atoms with Crippen molar-refractivity contribution in [1.82, 2.24) is 10.2 Å². The molecule has 2 aromatic rings. The van der Waals surface area contributed by atoms with Gasteiger partial charge in [0, 0.05) is 11.8 Å². The Hall–Kier alpha value is -1.64. The normalized spacial score (nSPS) is 10.5. The quantitative estimate of drug-likeness (QED) is 0.753. The van der Waals surface area contributed by atoms with Gasteiger partial charge in [-0.15, -0.1) is 0 Å². The van der Waals surface area contributed by atoms with Gasteiger partial charge in [-0.05, 0) is 12.5 Å². The van der Waals surface area contributed by atoms with E-state index in [9.17, 15) is 4.79 Å². The van der Waals surface area contributed by atoms with Crippen LogP contribution in [0.4, 0.5) is 0 Å². The summed E-state index contributed by atoms with van der Waals surface area (Å²) in [6.07, 6.45) is 2.23. The lowest BCUT2D eigenvalue weighted by molar-refractivity contribution is -0.116. The van der Waals surface area contributed by atoms with Crippen molar-refractivity contribution in [3.05, 3.63) is 30.0 Å². The van der Waals surface area contributed by atoms with Crippen LogP contribution in [0.2, 0.25) is 0 Å². The van der Waals surface area contributed by atoms with E-state index in [1.807, 2.05) is 18.2 Å². The number of fused-ring (bicyclic) bond motifs is 1. The standard InChI is InChI=1S/C10H10N2O/c1-7(13)5-8-3-2-4-9-6-11-12-10(8)9/h2-4,6H,5H2,1H3,(H,11,12). The second-order valence-corrected chi connectivity index (χ2v) is 3.13. The number of rotatable bonds is 2. The summed E-state index contributed by atoms with van der Waals surface area (Å²) < 4.78 is 0. The van der Waals surface area contributed by atoms with Gasteiger partial charge in [0.15, 0.2) is 0 Å². The topological polar surface area (TPSA) is 45.8 Å². The highest BCUT2D eigenvalue weighted by atomic mass is 16.1. The number of aromatic amines is 1. The van der Waals surface area contributed by atoms with Crippen molar-refractivity contribution < 1.29 is 4.79 Å². The van der Waals surface area contributed by atoms with Gasteiger partial charge in [0.25, 0.3) is 0 Å². The number of H-pyrrole nitrogens is 1. The van der Waals surface area contributed by atoms with E-state index in [0.29, 0.717) is 6.42 Å². The number of hydrogen-bond donors (Lipinski definition) is 1. The zero-order chi connectivity index (χ0) is 9.26. The molecule has 0 aliphatic heterocycles. The van der Waals surface area contributed by atoms with E-state index in [-0.39, 0.29) is 5.78 Å². The first-order valence-electron chi connectivity index (χ1n) is 4.18. The van der Waals surface area contributed by atoms with Gasteiger partial charge in [-0.1, -0.05) is 18.2 Å². The van der Waals surface area contributed by atoms with Gasteiger partial charge in [-0.2, -0.15) is 5.10 Å². The van der Waals surface area contributed by atoms with Gasteiger partial charge in [-0.25, -0.2) is 0 Å². The molecule has 0 unspecified atom stereocenters. The van der Waals surface area contributed by atoms with E-state index in [4.69, 9.17) is 0 Å². The second-order valence-electron chi connectivity index (χ2n) is 3.13. The van der Waals surface area contributed by atoms with Gasteiger partial charge >= 0.3 is 0 Å². The van der Waals surface area contributed by atoms with Crippen molar-refractivity contribution >= 4 is 16.7 Å². The number of hydrogen-bond acceptors (Lipinski definition) is 2. The maximum atomic E-state index is 10.9. The molecule has 0 fully saturated rings. The van der Waals surface area contributed by atoms with Gasteiger partial charge in [-0.3, -0.25) is 9.89 Å². The lowest BCUT2D eigenvalue weighted by Gasteiger charge is -1.98. The number of benzene rings is 1. The molecule has 0 spiro atoms. The van der Waals surface area contributed by atoms with Gasteiger partial charge in [0.2, 0.25) is 0 Å². The van der Waals surface area contributed by atoms with Crippen LogP contribution in [0.3, 0.4) is 0 Å². The highest BCUT2D eigenvalue weighted by Gasteiger charge is 2.03. The van der Waals surface area contributed by atoms with Crippen molar-refractivity contribution in [3.8, 4) is 0 Å². The molecule has 0 atom stereocenters. The number of para-hydroxylation sites is 1. The summed E-state index contributed by atoms with van der Waals surface area (Å²) in [7, 11) is 0. The van der Waals surface area contributed by atoms with Crippen LogP contribution in [0, 0.1) is 0 Å². The Morgan fingerprint density at radius 1 is 1.54 bits per heavy atom. The fourth-order valence-corrected chi connectivity index (χ4v) is 1.45. The molecule has 0 saturated heterocycles. The molecule has 1 N–H and O–H groups in total.